The van der Waals surface area contributed by atoms with Crippen LogP contribution in [0.25, 0.3) is 0 Å². The third-order valence-electron chi connectivity index (χ3n) is 1.51. The van der Waals surface area contributed by atoms with Crippen LogP contribution in [0.3, 0.4) is 0 Å². The van der Waals surface area contributed by atoms with Crippen molar-refractivity contribution in [1.82, 2.24) is 5.43 Å². The van der Waals surface area contributed by atoms with Crippen molar-refractivity contribution in [3.05, 3.63) is 35.4 Å². The number of nitrogens with two attached hydrogens (primary N) is 1. The highest BCUT2D eigenvalue weighted by Gasteiger charge is 2.00. The van der Waals surface area contributed by atoms with Crippen molar-refractivity contribution in [2.45, 2.75) is 6.54 Å². The summed E-state index contributed by atoms with van der Waals surface area (Å²) in [6, 6.07) is 6.55. The first-order chi connectivity index (χ1) is 5.74. The van der Waals surface area contributed by atoms with Crippen molar-refractivity contribution >= 4 is 18.4 Å². The van der Waals surface area contributed by atoms with E-state index in [1.165, 1.54) is 0 Å². The minimum atomic E-state index is -0.915. The molecule has 1 aromatic rings. The summed E-state index contributed by atoms with van der Waals surface area (Å²) in [5.74, 6) is 4.18. The van der Waals surface area contributed by atoms with E-state index in [0.29, 0.717) is 6.54 Å². The van der Waals surface area contributed by atoms with E-state index in [4.69, 9.17) is 10.9 Å². The number of hydrogen-bond donors (Lipinski definition) is 3. The summed E-state index contributed by atoms with van der Waals surface area (Å²) < 4.78 is 0. The highest BCUT2D eigenvalue weighted by Crippen LogP contribution is 2.03. The summed E-state index contributed by atoms with van der Waals surface area (Å²) in [5, 5.41) is 8.57. The van der Waals surface area contributed by atoms with E-state index >= 15 is 0 Å². The Morgan fingerprint density at radius 1 is 1.38 bits per heavy atom. The van der Waals surface area contributed by atoms with Crippen LogP contribution in [0.1, 0.15) is 15.9 Å². The molecule has 0 aromatic heterocycles. The molecule has 0 aliphatic heterocycles. The van der Waals surface area contributed by atoms with Gasteiger partial charge in [-0.05, 0) is 17.7 Å². The van der Waals surface area contributed by atoms with Crippen LogP contribution in [-0.4, -0.2) is 11.1 Å². The summed E-state index contributed by atoms with van der Waals surface area (Å²) >= 11 is 0. The van der Waals surface area contributed by atoms with Gasteiger partial charge in [0.15, 0.2) is 0 Å². The van der Waals surface area contributed by atoms with Crippen LogP contribution in [0.15, 0.2) is 24.3 Å². The lowest BCUT2D eigenvalue weighted by molar-refractivity contribution is 0.0697. The first-order valence-electron chi connectivity index (χ1n) is 3.49. The van der Waals surface area contributed by atoms with Gasteiger partial charge in [0.25, 0.3) is 0 Å². The Balaban J connectivity index is 0.00000144. The highest BCUT2D eigenvalue weighted by molar-refractivity contribution is 5.87. The topological polar surface area (TPSA) is 75.3 Å². The first-order valence-corrected chi connectivity index (χ1v) is 3.49. The van der Waals surface area contributed by atoms with Gasteiger partial charge in [-0.1, -0.05) is 12.1 Å². The van der Waals surface area contributed by atoms with Crippen molar-refractivity contribution in [2.24, 2.45) is 5.84 Å². The molecule has 5 heteroatoms. The number of rotatable bonds is 3. The van der Waals surface area contributed by atoms with E-state index in [9.17, 15) is 4.79 Å². The molecular formula is C8H11ClN2O2. The molecule has 0 atom stereocenters. The van der Waals surface area contributed by atoms with Gasteiger partial charge < -0.3 is 5.11 Å². The molecule has 0 amide bonds. The Labute approximate surface area is 82.1 Å². The molecule has 0 saturated carbocycles. The van der Waals surface area contributed by atoms with Crippen LogP contribution in [-0.2, 0) is 6.54 Å². The second-order valence-corrected chi connectivity index (χ2v) is 2.38. The average Bonchev–Trinajstić information content (AvgIpc) is 2.06. The number of carboxylic acids is 1. The van der Waals surface area contributed by atoms with Crippen molar-refractivity contribution in [3.8, 4) is 0 Å². The molecule has 0 fully saturated rings. The molecule has 0 bridgehead atoms. The Hall–Kier alpha value is -1.10. The fourth-order valence-corrected chi connectivity index (χ4v) is 0.883. The zero-order valence-corrected chi connectivity index (χ0v) is 7.67. The SMILES string of the molecule is Cl.NNCc1ccc(C(=O)O)cc1. The van der Waals surface area contributed by atoms with E-state index in [1.54, 1.807) is 24.3 Å². The number of carbonyl (C=O) groups is 1. The van der Waals surface area contributed by atoms with Crippen LogP contribution in [0, 0.1) is 0 Å². The lowest BCUT2D eigenvalue weighted by atomic mass is 10.1. The lowest BCUT2D eigenvalue weighted by Gasteiger charge is -1.99. The van der Waals surface area contributed by atoms with Crippen LogP contribution >= 0.6 is 12.4 Å². The fraction of sp³-hybridized carbons (Fsp3) is 0.125. The van der Waals surface area contributed by atoms with Crippen molar-refractivity contribution in [3.63, 3.8) is 0 Å². The van der Waals surface area contributed by atoms with Gasteiger partial charge in [0, 0.05) is 6.54 Å². The third-order valence-corrected chi connectivity index (χ3v) is 1.51. The minimum Gasteiger partial charge on any atom is -0.478 e. The monoisotopic (exact) mass is 202 g/mol. The van der Waals surface area contributed by atoms with E-state index in [-0.39, 0.29) is 18.0 Å². The maximum atomic E-state index is 10.4. The van der Waals surface area contributed by atoms with Crippen LogP contribution in [0.5, 0.6) is 0 Å². The third kappa shape index (κ3) is 3.42. The molecule has 1 aromatic carbocycles. The van der Waals surface area contributed by atoms with Crippen molar-refractivity contribution < 1.29 is 9.90 Å². The lowest BCUT2D eigenvalue weighted by Crippen LogP contribution is -2.20. The number of aromatic carboxylic acids is 1. The van der Waals surface area contributed by atoms with Gasteiger partial charge in [0.1, 0.15) is 0 Å². The molecule has 0 saturated heterocycles. The number of benzene rings is 1. The molecule has 0 radical (unpaired) electrons. The number of halogens is 1. The smallest absolute Gasteiger partial charge is 0.335 e. The highest BCUT2D eigenvalue weighted by atomic mass is 35.5. The largest absolute Gasteiger partial charge is 0.478 e. The number of nitrogens with one attached hydrogen (secondary N) is 1. The normalized spacial score (nSPS) is 9.00. The molecule has 4 nitrogen and oxygen atoms in total. The van der Waals surface area contributed by atoms with E-state index < -0.39 is 5.97 Å². The Kier molecular flexibility index (Phi) is 5.06. The minimum absolute atomic E-state index is 0. The zero-order chi connectivity index (χ0) is 8.97. The number of carboxylic acid groups (broad SMARTS) is 1. The van der Waals surface area contributed by atoms with Gasteiger partial charge in [-0.15, -0.1) is 12.4 Å². The van der Waals surface area contributed by atoms with Crippen LogP contribution in [0.2, 0.25) is 0 Å². The summed E-state index contributed by atoms with van der Waals surface area (Å²) in [4.78, 5) is 10.4. The van der Waals surface area contributed by atoms with Crippen LogP contribution in [0.4, 0.5) is 0 Å². The molecule has 4 N–H and O–H groups in total. The molecule has 0 heterocycles. The molecule has 72 valence electrons. The summed E-state index contributed by atoms with van der Waals surface area (Å²) in [5.41, 5.74) is 3.73. The number of hydrogen-bond acceptors (Lipinski definition) is 3. The summed E-state index contributed by atoms with van der Waals surface area (Å²) in [7, 11) is 0. The van der Waals surface area contributed by atoms with Gasteiger partial charge >= 0.3 is 5.97 Å². The maximum Gasteiger partial charge on any atom is 0.335 e. The van der Waals surface area contributed by atoms with E-state index in [1.807, 2.05) is 0 Å². The van der Waals surface area contributed by atoms with Crippen molar-refractivity contribution in [1.29, 1.82) is 0 Å². The second kappa shape index (κ2) is 5.53. The van der Waals surface area contributed by atoms with Gasteiger partial charge in [0.05, 0.1) is 5.56 Å². The average molecular weight is 203 g/mol. The molecule has 13 heavy (non-hydrogen) atoms. The van der Waals surface area contributed by atoms with Gasteiger partial charge in [-0.2, -0.15) is 0 Å². The van der Waals surface area contributed by atoms with Crippen LogP contribution < -0.4 is 11.3 Å². The predicted octanol–water partition coefficient (Wildman–Crippen LogP) is 0.770. The molecule has 0 unspecified atom stereocenters. The molecule has 0 spiro atoms. The van der Waals surface area contributed by atoms with Gasteiger partial charge in [0.2, 0.25) is 0 Å². The molecule has 0 aliphatic carbocycles. The first kappa shape index (κ1) is 11.9. The molecule has 1 rings (SSSR count). The maximum absolute atomic E-state index is 10.4. The van der Waals surface area contributed by atoms with E-state index in [2.05, 4.69) is 5.43 Å². The summed E-state index contributed by atoms with van der Waals surface area (Å²) in [6.45, 7) is 0.542. The molecule has 0 aliphatic rings. The number of hydrazine groups is 1. The van der Waals surface area contributed by atoms with Gasteiger partial charge in [-0.3, -0.25) is 11.3 Å². The quantitative estimate of drug-likeness (QED) is 0.500. The zero-order valence-electron chi connectivity index (χ0n) is 6.86. The fourth-order valence-electron chi connectivity index (χ4n) is 0.883. The Morgan fingerprint density at radius 2 is 1.92 bits per heavy atom. The predicted molar refractivity (Wildman–Crippen MR) is 51.7 cm³/mol. The van der Waals surface area contributed by atoms with E-state index in [0.717, 1.165) is 5.56 Å². The Morgan fingerprint density at radius 3 is 2.31 bits per heavy atom. The standard InChI is InChI=1S/C8H10N2O2.ClH/c9-10-5-6-1-3-7(4-2-6)8(11)12;/h1-4,10H,5,9H2,(H,11,12);1H. The second-order valence-electron chi connectivity index (χ2n) is 2.38. The van der Waals surface area contributed by atoms with Gasteiger partial charge in [-0.25, -0.2) is 4.79 Å². The van der Waals surface area contributed by atoms with Crippen molar-refractivity contribution in [2.75, 3.05) is 0 Å². The molecular weight excluding hydrogens is 192 g/mol. The summed E-state index contributed by atoms with van der Waals surface area (Å²) in [6.07, 6.45) is 0. The Bertz CT molecular complexity index is 274.